The summed E-state index contributed by atoms with van der Waals surface area (Å²) in [5.74, 6) is -0.246. The van der Waals surface area contributed by atoms with E-state index in [0.29, 0.717) is 13.0 Å². The molecule has 2 aromatic rings. The Balaban J connectivity index is 1.93. The molecule has 0 spiro atoms. The van der Waals surface area contributed by atoms with Crippen molar-refractivity contribution in [1.29, 1.82) is 0 Å². The Bertz CT molecular complexity index is 901. The number of allylic oxidation sites excluding steroid dienone is 2. The highest BCUT2D eigenvalue weighted by molar-refractivity contribution is 7.98. The van der Waals surface area contributed by atoms with Gasteiger partial charge in [0.25, 0.3) is 0 Å². The number of oxime groups is 1. The number of aliphatic hydroxyl groups is 1. The van der Waals surface area contributed by atoms with Crippen LogP contribution in [0.1, 0.15) is 30.0 Å². The van der Waals surface area contributed by atoms with E-state index in [2.05, 4.69) is 48.7 Å². The summed E-state index contributed by atoms with van der Waals surface area (Å²) in [5, 5.41) is 12.4. The predicted octanol–water partition coefficient (Wildman–Crippen LogP) is 5.26. The second kappa shape index (κ2) is 9.02. The van der Waals surface area contributed by atoms with Crippen molar-refractivity contribution in [3.63, 3.8) is 0 Å². The van der Waals surface area contributed by atoms with Crippen LogP contribution in [-0.2, 0) is 4.84 Å². The fraction of sp³-hybridized carbons (Fsp3) is 0.227. The molecule has 0 bridgehead atoms. The second-order valence-corrected chi connectivity index (χ2v) is 7.06. The molecule has 1 N–H and O–H groups in total. The van der Waals surface area contributed by atoms with Crippen LogP contribution < -0.4 is 0 Å². The van der Waals surface area contributed by atoms with Gasteiger partial charge in [-0.1, -0.05) is 23.4 Å². The van der Waals surface area contributed by atoms with Gasteiger partial charge >= 0.3 is 0 Å². The molecule has 0 aliphatic heterocycles. The summed E-state index contributed by atoms with van der Waals surface area (Å²) < 4.78 is 13.9. The molecule has 5 heteroatoms. The fourth-order valence-electron chi connectivity index (χ4n) is 3.23. The van der Waals surface area contributed by atoms with E-state index in [4.69, 9.17) is 9.94 Å². The molecule has 0 fully saturated rings. The maximum atomic E-state index is 13.9. The molecule has 140 valence electrons. The zero-order valence-electron chi connectivity index (χ0n) is 15.4. The molecular formula is C22H22FNO2S. The first-order chi connectivity index (χ1) is 13.1. The zero-order chi connectivity index (χ0) is 19.2. The van der Waals surface area contributed by atoms with Gasteiger partial charge in [0.2, 0.25) is 0 Å². The van der Waals surface area contributed by atoms with E-state index in [1.165, 1.54) is 17.2 Å². The molecule has 0 unspecified atom stereocenters. The van der Waals surface area contributed by atoms with Gasteiger partial charge in [0.15, 0.2) is 0 Å². The predicted molar refractivity (Wildman–Crippen MR) is 111 cm³/mol. The maximum absolute atomic E-state index is 13.9. The first-order valence-electron chi connectivity index (χ1n) is 8.75. The lowest BCUT2D eigenvalue weighted by molar-refractivity contribution is 0.150. The van der Waals surface area contributed by atoms with E-state index < -0.39 is 0 Å². The van der Waals surface area contributed by atoms with Crippen LogP contribution in [0.4, 0.5) is 4.39 Å². The highest BCUT2D eigenvalue weighted by Crippen LogP contribution is 2.43. The number of halogens is 1. The molecule has 3 nitrogen and oxygen atoms in total. The topological polar surface area (TPSA) is 41.8 Å². The Kier molecular flexibility index (Phi) is 6.48. The largest absolute Gasteiger partial charge is 0.396 e. The number of thioether (sulfide) groups is 1. The van der Waals surface area contributed by atoms with Crippen molar-refractivity contribution in [3.8, 4) is 0 Å². The Morgan fingerprint density at radius 3 is 2.63 bits per heavy atom. The number of hydrogen-bond acceptors (Lipinski definition) is 4. The first-order valence-corrected chi connectivity index (χ1v) is 9.97. The second-order valence-electron chi connectivity index (χ2n) is 6.18. The van der Waals surface area contributed by atoms with Crippen LogP contribution >= 0.6 is 11.8 Å². The fourth-order valence-corrected chi connectivity index (χ4v) is 3.64. The lowest BCUT2D eigenvalue weighted by atomic mass is 10.0. The van der Waals surface area contributed by atoms with Gasteiger partial charge in [-0.3, -0.25) is 0 Å². The van der Waals surface area contributed by atoms with Crippen molar-refractivity contribution < 1.29 is 14.3 Å². The summed E-state index contributed by atoms with van der Waals surface area (Å²) >= 11 is 1.71. The third-order valence-electron chi connectivity index (χ3n) is 4.55. The van der Waals surface area contributed by atoms with Gasteiger partial charge < -0.3 is 9.94 Å². The average Bonchev–Trinajstić information content (AvgIpc) is 2.93. The standard InChI is InChI=1S/C22H22FNO2S/c1-15-19(9-12-26-24-10-11-25)22-14-17(23)5-8-20(22)21(15)13-16-3-6-18(27-2)7-4-16/h3-8,10,13-14,25H,9,11-12H2,1-2H3/b21-13-,24-10?. The molecule has 0 aromatic heterocycles. The molecule has 0 heterocycles. The summed E-state index contributed by atoms with van der Waals surface area (Å²) in [4.78, 5) is 6.39. The first kappa shape index (κ1) is 19.4. The number of benzene rings is 2. The lowest BCUT2D eigenvalue weighted by Gasteiger charge is -2.05. The van der Waals surface area contributed by atoms with Crippen molar-refractivity contribution in [1.82, 2.24) is 0 Å². The monoisotopic (exact) mass is 383 g/mol. The Morgan fingerprint density at radius 1 is 1.15 bits per heavy atom. The van der Waals surface area contributed by atoms with Gasteiger partial charge in [-0.2, -0.15) is 0 Å². The van der Waals surface area contributed by atoms with Crippen LogP contribution in [-0.4, -0.2) is 30.8 Å². The number of aliphatic hydroxyl groups excluding tert-OH is 1. The van der Waals surface area contributed by atoms with Crippen molar-refractivity contribution in [2.24, 2.45) is 5.16 Å². The molecule has 0 radical (unpaired) electrons. The molecule has 1 aliphatic carbocycles. The summed E-state index contributed by atoms with van der Waals surface area (Å²) in [6, 6.07) is 13.3. The third kappa shape index (κ3) is 4.49. The highest BCUT2D eigenvalue weighted by atomic mass is 32.2. The molecule has 27 heavy (non-hydrogen) atoms. The van der Waals surface area contributed by atoms with E-state index in [9.17, 15) is 4.39 Å². The van der Waals surface area contributed by atoms with Gasteiger partial charge in [-0.25, -0.2) is 4.39 Å². The SMILES string of the molecule is CSc1ccc(/C=C2/C(C)=C(CCON=CCO)c3cc(F)ccc32)cc1. The van der Waals surface area contributed by atoms with Gasteiger partial charge in [0.1, 0.15) is 12.4 Å². The van der Waals surface area contributed by atoms with E-state index >= 15 is 0 Å². The van der Waals surface area contributed by atoms with Gasteiger partial charge in [0, 0.05) is 11.3 Å². The van der Waals surface area contributed by atoms with Crippen LogP contribution in [0.3, 0.4) is 0 Å². The third-order valence-corrected chi connectivity index (χ3v) is 5.30. The van der Waals surface area contributed by atoms with Gasteiger partial charge in [-0.15, -0.1) is 11.8 Å². The van der Waals surface area contributed by atoms with E-state index in [1.54, 1.807) is 17.8 Å². The normalized spacial score (nSPS) is 15.0. The van der Waals surface area contributed by atoms with Crippen molar-refractivity contribution >= 4 is 35.2 Å². The molecule has 0 atom stereocenters. The number of hydrogen-bond donors (Lipinski definition) is 1. The molecule has 2 aromatic carbocycles. The maximum Gasteiger partial charge on any atom is 0.123 e. The van der Waals surface area contributed by atoms with Crippen molar-refractivity contribution in [3.05, 3.63) is 70.5 Å². The van der Waals surface area contributed by atoms with Crippen LogP contribution in [0.25, 0.3) is 17.2 Å². The molecular weight excluding hydrogens is 361 g/mol. The molecule has 1 aliphatic rings. The minimum absolute atomic E-state index is 0.155. The van der Waals surface area contributed by atoms with Crippen LogP contribution in [0.2, 0.25) is 0 Å². The van der Waals surface area contributed by atoms with Gasteiger partial charge in [-0.05, 0) is 76.9 Å². The number of fused-ring (bicyclic) bond motifs is 1. The van der Waals surface area contributed by atoms with Crippen LogP contribution in [0.5, 0.6) is 0 Å². The summed E-state index contributed by atoms with van der Waals surface area (Å²) in [6.07, 6.45) is 6.12. The van der Waals surface area contributed by atoms with Crippen molar-refractivity contribution in [2.75, 3.05) is 19.5 Å². The van der Waals surface area contributed by atoms with Crippen LogP contribution in [0, 0.1) is 5.82 Å². The summed E-state index contributed by atoms with van der Waals surface area (Å²) in [5.41, 5.74) is 6.36. The molecule has 0 saturated heterocycles. The Hall–Kier alpha value is -2.37. The minimum Gasteiger partial charge on any atom is -0.396 e. The Morgan fingerprint density at radius 2 is 1.93 bits per heavy atom. The van der Waals surface area contributed by atoms with Gasteiger partial charge in [0.05, 0.1) is 12.8 Å². The summed E-state index contributed by atoms with van der Waals surface area (Å²) in [7, 11) is 0. The average molecular weight is 383 g/mol. The molecule has 0 amide bonds. The van der Waals surface area contributed by atoms with E-state index in [1.807, 2.05) is 6.07 Å². The Labute approximate surface area is 163 Å². The van der Waals surface area contributed by atoms with Crippen molar-refractivity contribution in [2.45, 2.75) is 18.2 Å². The highest BCUT2D eigenvalue weighted by Gasteiger charge is 2.24. The quantitative estimate of drug-likeness (QED) is 0.307. The summed E-state index contributed by atoms with van der Waals surface area (Å²) in [6.45, 7) is 2.28. The zero-order valence-corrected chi connectivity index (χ0v) is 16.2. The van der Waals surface area contributed by atoms with E-state index in [-0.39, 0.29) is 12.4 Å². The number of nitrogens with zero attached hydrogens (tertiary/aromatic N) is 1. The molecule has 3 rings (SSSR count). The molecule has 0 saturated carbocycles. The lowest BCUT2D eigenvalue weighted by Crippen LogP contribution is -1.94. The minimum atomic E-state index is -0.246. The smallest absolute Gasteiger partial charge is 0.123 e. The number of rotatable bonds is 7. The van der Waals surface area contributed by atoms with Crippen LogP contribution in [0.15, 0.2) is 58.1 Å². The van der Waals surface area contributed by atoms with E-state index in [0.717, 1.165) is 33.4 Å².